The summed E-state index contributed by atoms with van der Waals surface area (Å²) in [5, 5.41) is 12.9. The van der Waals surface area contributed by atoms with Crippen molar-refractivity contribution in [3.05, 3.63) is 45.3 Å². The molecule has 5 heterocycles. The maximum atomic E-state index is 13.0. The number of carboxylic acid groups (broad SMARTS) is 1. The van der Waals surface area contributed by atoms with E-state index in [1.54, 1.807) is 23.9 Å². The van der Waals surface area contributed by atoms with Gasteiger partial charge in [0.15, 0.2) is 5.50 Å². The van der Waals surface area contributed by atoms with Crippen LogP contribution in [0, 0.1) is 18.8 Å². The molecular formula is C25H29N7O4S. The number of nitrogens with one attached hydrogen (secondary N) is 1. The second-order valence-corrected chi connectivity index (χ2v) is 10.7. The molecule has 1 fully saturated rings. The lowest BCUT2D eigenvalue weighted by molar-refractivity contribution is -0.124. The molecule has 3 aliphatic heterocycles. The summed E-state index contributed by atoms with van der Waals surface area (Å²) in [7, 11) is 1.82. The molecule has 11 nitrogen and oxygen atoms in total. The molecule has 2 aromatic heterocycles. The Bertz CT molecular complexity index is 1440. The predicted molar refractivity (Wildman–Crippen MR) is 144 cm³/mol. The highest BCUT2D eigenvalue weighted by Crippen LogP contribution is 2.34. The summed E-state index contributed by atoms with van der Waals surface area (Å²) in [6.07, 6.45) is 5.89. The topological polar surface area (TPSA) is 132 Å². The molecule has 194 valence electrons. The highest BCUT2D eigenvalue weighted by Gasteiger charge is 2.35. The molecule has 0 bridgehead atoms. The second kappa shape index (κ2) is 9.66. The third-order valence-corrected chi connectivity index (χ3v) is 8.15. The van der Waals surface area contributed by atoms with Crippen molar-refractivity contribution in [1.29, 1.82) is 0 Å². The number of fused-ring (bicyclic) bond motifs is 1. The Balaban J connectivity index is 1.41. The number of rotatable bonds is 4. The number of amidine groups is 1. The molecule has 12 heteroatoms. The Labute approximate surface area is 218 Å². The average Bonchev–Trinajstić information content (AvgIpc) is 3.16. The zero-order chi connectivity index (χ0) is 26.4. The Morgan fingerprint density at radius 3 is 2.68 bits per heavy atom. The molecule has 0 aromatic carbocycles. The molecule has 1 amide bonds. The average molecular weight is 524 g/mol. The van der Waals surface area contributed by atoms with Gasteiger partial charge >= 0.3 is 5.97 Å². The van der Waals surface area contributed by atoms with Gasteiger partial charge in [0, 0.05) is 44.8 Å². The zero-order valence-electron chi connectivity index (χ0n) is 21.1. The van der Waals surface area contributed by atoms with Gasteiger partial charge in [-0.2, -0.15) is 0 Å². The summed E-state index contributed by atoms with van der Waals surface area (Å²) in [4.78, 5) is 50.8. The first-order valence-electron chi connectivity index (χ1n) is 12.1. The highest BCUT2D eigenvalue weighted by atomic mass is 32.2. The predicted octanol–water partition coefficient (Wildman–Crippen LogP) is 2.42. The van der Waals surface area contributed by atoms with E-state index in [0.29, 0.717) is 48.4 Å². The van der Waals surface area contributed by atoms with Gasteiger partial charge in [0.05, 0.1) is 11.3 Å². The van der Waals surface area contributed by atoms with E-state index in [-0.39, 0.29) is 28.3 Å². The Kier molecular flexibility index (Phi) is 6.52. The molecule has 5 rings (SSSR count). The van der Waals surface area contributed by atoms with Crippen LogP contribution in [0.5, 0.6) is 0 Å². The fourth-order valence-corrected chi connectivity index (χ4v) is 5.44. The molecular weight excluding hydrogens is 494 g/mol. The lowest BCUT2D eigenvalue weighted by Gasteiger charge is -2.39. The number of amides is 1. The first kappa shape index (κ1) is 25.0. The minimum absolute atomic E-state index is 0.0738. The van der Waals surface area contributed by atoms with Gasteiger partial charge in [0.2, 0.25) is 11.3 Å². The van der Waals surface area contributed by atoms with Crippen molar-refractivity contribution < 1.29 is 14.7 Å². The van der Waals surface area contributed by atoms with E-state index in [4.69, 9.17) is 4.98 Å². The summed E-state index contributed by atoms with van der Waals surface area (Å²) >= 11 is 1.25. The fourth-order valence-electron chi connectivity index (χ4n) is 4.66. The summed E-state index contributed by atoms with van der Waals surface area (Å²) < 4.78 is 5.88. The van der Waals surface area contributed by atoms with Gasteiger partial charge in [-0.3, -0.25) is 19.1 Å². The van der Waals surface area contributed by atoms with Crippen molar-refractivity contribution in [3.8, 4) is 0 Å². The smallest absolute Gasteiger partial charge is 0.341 e. The van der Waals surface area contributed by atoms with Crippen molar-refractivity contribution >= 4 is 52.8 Å². The fraction of sp³-hybridized carbons (Fsp3) is 0.440. The number of carbonyl (C=O) groups excluding carboxylic acids is 1. The number of aliphatic imine (C=N–C) groups is 1. The third-order valence-electron chi connectivity index (χ3n) is 7.18. The number of aromatic nitrogens is 2. The van der Waals surface area contributed by atoms with Gasteiger partial charge in [0.25, 0.3) is 0 Å². The molecule has 2 unspecified atom stereocenters. The van der Waals surface area contributed by atoms with Gasteiger partial charge < -0.3 is 20.2 Å². The van der Waals surface area contributed by atoms with Crippen LogP contribution in [0.15, 0.2) is 38.1 Å². The first-order chi connectivity index (χ1) is 17.6. The van der Waals surface area contributed by atoms with Crippen LogP contribution in [0.25, 0.3) is 11.0 Å². The molecule has 0 saturated carbocycles. The van der Waals surface area contributed by atoms with Crippen molar-refractivity contribution in [2.45, 2.75) is 32.7 Å². The normalized spacial score (nSPS) is 21.9. The van der Waals surface area contributed by atoms with E-state index in [1.165, 1.54) is 23.7 Å². The molecule has 1 saturated heterocycles. The summed E-state index contributed by atoms with van der Waals surface area (Å²) in [6.45, 7) is 7.64. The van der Waals surface area contributed by atoms with Gasteiger partial charge in [-0.1, -0.05) is 12.5 Å². The van der Waals surface area contributed by atoms with Crippen molar-refractivity contribution in [2.24, 2.45) is 21.2 Å². The quantitative estimate of drug-likeness (QED) is 0.584. The first-order valence-corrected chi connectivity index (χ1v) is 13.0. The monoisotopic (exact) mass is 523 g/mol. The van der Waals surface area contributed by atoms with Crippen LogP contribution in [0.3, 0.4) is 0 Å². The number of anilines is 1. The van der Waals surface area contributed by atoms with Crippen LogP contribution in [0.4, 0.5) is 5.82 Å². The van der Waals surface area contributed by atoms with E-state index in [9.17, 15) is 19.5 Å². The molecule has 2 N–H and O–H groups in total. The second-order valence-electron chi connectivity index (χ2n) is 9.83. The van der Waals surface area contributed by atoms with Gasteiger partial charge in [0.1, 0.15) is 29.2 Å². The molecule has 37 heavy (non-hydrogen) atoms. The van der Waals surface area contributed by atoms with Crippen LogP contribution in [-0.2, 0) is 4.79 Å². The van der Waals surface area contributed by atoms with E-state index in [2.05, 4.69) is 28.6 Å². The minimum Gasteiger partial charge on any atom is -0.477 e. The SMILES string of the molecule is CC1=CC(NC(=O)C2CN(c3cc(C)c4c(=O)c(C(=O)O)cn(C5SN=CN5C)c4n3)C2)=NCCC1C. The van der Waals surface area contributed by atoms with E-state index in [1.807, 2.05) is 22.9 Å². The van der Waals surface area contributed by atoms with Crippen LogP contribution in [-0.4, -0.2) is 70.3 Å². The van der Waals surface area contributed by atoms with Crippen LogP contribution < -0.4 is 15.6 Å². The van der Waals surface area contributed by atoms with Crippen molar-refractivity contribution in [1.82, 2.24) is 19.8 Å². The number of pyridine rings is 2. The van der Waals surface area contributed by atoms with E-state index < -0.39 is 11.4 Å². The molecule has 0 spiro atoms. The Hall–Kier alpha value is -3.67. The minimum atomic E-state index is -1.29. The summed E-state index contributed by atoms with van der Waals surface area (Å²) in [5.74, 6) is 0.117. The largest absolute Gasteiger partial charge is 0.477 e. The van der Waals surface area contributed by atoms with Gasteiger partial charge in [-0.25, -0.2) is 14.2 Å². The number of nitrogens with zero attached hydrogens (tertiary/aromatic N) is 6. The number of carboxylic acids is 1. The number of carbonyl (C=O) groups is 2. The molecule has 3 aliphatic rings. The summed E-state index contributed by atoms with van der Waals surface area (Å²) in [5.41, 5.74) is 0.963. The zero-order valence-corrected chi connectivity index (χ0v) is 21.9. The van der Waals surface area contributed by atoms with Gasteiger partial charge in [-0.05, 0) is 43.9 Å². The Morgan fingerprint density at radius 2 is 2.00 bits per heavy atom. The van der Waals surface area contributed by atoms with Crippen LogP contribution in [0.2, 0.25) is 0 Å². The van der Waals surface area contributed by atoms with Crippen molar-refractivity contribution in [2.75, 3.05) is 31.6 Å². The number of allylic oxidation sites excluding steroid dienone is 1. The molecule has 2 aromatic rings. The van der Waals surface area contributed by atoms with E-state index in [0.717, 1.165) is 6.42 Å². The number of hydrogen-bond acceptors (Lipinski definition) is 9. The lowest BCUT2D eigenvalue weighted by atomic mass is 9.98. The molecule has 0 radical (unpaired) electrons. The van der Waals surface area contributed by atoms with E-state index >= 15 is 0 Å². The lowest BCUT2D eigenvalue weighted by Crippen LogP contribution is -2.54. The summed E-state index contributed by atoms with van der Waals surface area (Å²) in [6, 6.07) is 1.78. The number of hydrogen-bond donors (Lipinski definition) is 2. The number of aromatic carboxylic acids is 1. The van der Waals surface area contributed by atoms with Crippen LogP contribution >= 0.6 is 11.9 Å². The number of aryl methyl sites for hydroxylation is 1. The maximum Gasteiger partial charge on any atom is 0.341 e. The van der Waals surface area contributed by atoms with Crippen LogP contribution in [0.1, 0.15) is 41.7 Å². The Morgan fingerprint density at radius 1 is 1.24 bits per heavy atom. The third kappa shape index (κ3) is 4.61. The van der Waals surface area contributed by atoms with Gasteiger partial charge in [-0.15, -0.1) is 0 Å². The molecule has 2 atom stereocenters. The maximum absolute atomic E-state index is 13.0. The molecule has 0 aliphatic carbocycles. The highest BCUT2D eigenvalue weighted by molar-refractivity contribution is 7.98. The van der Waals surface area contributed by atoms with Crippen molar-refractivity contribution in [3.63, 3.8) is 0 Å². The standard InChI is InChI=1S/C25H29N7O4S/c1-13-5-6-26-18(7-14(13)2)28-23(34)16-9-31(10-16)19-8-15(3)20-21(33)17(24(35)36)11-32(22(20)29-19)25-30(4)12-27-37-25/h7-8,11-13,16,25H,5-6,9-10H2,1-4H3,(H,35,36)(H,26,28,34).